The van der Waals surface area contributed by atoms with Gasteiger partial charge in [-0.1, -0.05) is 0 Å². The van der Waals surface area contributed by atoms with Crippen molar-refractivity contribution in [3.8, 4) is 11.5 Å². The minimum Gasteiger partial charge on any atom is -0.504 e. The summed E-state index contributed by atoms with van der Waals surface area (Å²) < 4.78 is 5.08. The monoisotopic (exact) mass is 248 g/mol. The molecule has 1 aromatic carbocycles. The van der Waals surface area contributed by atoms with Crippen LogP contribution in [0.5, 0.6) is 11.5 Å². The fraction of sp³-hybridized carbons (Fsp3) is 0. The predicted molar refractivity (Wildman–Crippen MR) is 62.5 cm³/mol. The zero-order valence-electron chi connectivity index (χ0n) is 8.95. The molecule has 0 spiro atoms. The van der Waals surface area contributed by atoms with Gasteiger partial charge < -0.3 is 19.7 Å². The number of aromatic hydroxyl groups is 2. The van der Waals surface area contributed by atoms with Crippen molar-refractivity contribution in [3.05, 3.63) is 40.3 Å². The summed E-state index contributed by atoms with van der Waals surface area (Å²) in [6, 6.07) is 2.17. The zero-order valence-corrected chi connectivity index (χ0v) is 8.95. The van der Waals surface area contributed by atoms with Crippen molar-refractivity contribution in [2.75, 3.05) is 0 Å². The maximum absolute atomic E-state index is 11.9. The highest BCUT2D eigenvalue weighted by molar-refractivity contribution is 5.87. The lowest BCUT2D eigenvalue weighted by Gasteiger charge is -2.01. The van der Waals surface area contributed by atoms with E-state index in [-0.39, 0.29) is 16.5 Å². The van der Waals surface area contributed by atoms with E-state index in [0.717, 1.165) is 30.5 Å². The Kier molecular flexibility index (Phi) is 2.77. The van der Waals surface area contributed by atoms with Gasteiger partial charge in [-0.15, -0.1) is 0 Å². The quantitative estimate of drug-likeness (QED) is 0.546. The van der Waals surface area contributed by atoms with Crippen molar-refractivity contribution in [2.24, 2.45) is 0 Å². The first-order valence-electron chi connectivity index (χ1n) is 4.87. The number of aliphatic carboxylic acids is 1. The molecule has 6 nitrogen and oxygen atoms in total. The van der Waals surface area contributed by atoms with Gasteiger partial charge in [0.2, 0.25) is 0 Å². The number of phenolic OH excluding ortho intramolecular Hbond substituents is 2. The Bertz CT molecular complexity index is 710. The Morgan fingerprint density at radius 3 is 2.56 bits per heavy atom. The molecule has 6 heteroatoms. The highest BCUT2D eigenvalue weighted by atomic mass is 16.4. The Morgan fingerprint density at radius 1 is 1.22 bits per heavy atom. The van der Waals surface area contributed by atoms with Crippen LogP contribution in [0.25, 0.3) is 17.0 Å². The second-order valence-electron chi connectivity index (χ2n) is 3.53. The lowest BCUT2D eigenvalue weighted by Crippen LogP contribution is -2.05. The fourth-order valence-corrected chi connectivity index (χ4v) is 1.44. The third kappa shape index (κ3) is 2.03. The van der Waals surface area contributed by atoms with Crippen LogP contribution in [0.2, 0.25) is 0 Å². The zero-order chi connectivity index (χ0) is 13.3. The summed E-state index contributed by atoms with van der Waals surface area (Å²) in [7, 11) is 0. The van der Waals surface area contributed by atoms with Crippen LogP contribution in [0.4, 0.5) is 0 Å². The first-order chi connectivity index (χ1) is 8.49. The molecule has 2 aromatic rings. The van der Waals surface area contributed by atoms with Gasteiger partial charge in [-0.2, -0.15) is 0 Å². The van der Waals surface area contributed by atoms with Gasteiger partial charge in [0.1, 0.15) is 11.8 Å². The molecule has 0 unspecified atom stereocenters. The molecule has 0 saturated heterocycles. The standard InChI is InChI=1S/C12H8O6/c13-8-3-7-10(4-9(8)14)18-5-6(12(7)17)1-2-11(15)16/h1-5,13-14H,(H,15,16)/b2-1+. The van der Waals surface area contributed by atoms with E-state index in [9.17, 15) is 19.8 Å². The molecule has 0 atom stereocenters. The molecular formula is C12H8O6. The third-order valence-corrected chi connectivity index (χ3v) is 2.30. The van der Waals surface area contributed by atoms with Gasteiger partial charge in [-0.3, -0.25) is 4.79 Å². The highest BCUT2D eigenvalue weighted by Crippen LogP contribution is 2.28. The molecule has 92 valence electrons. The van der Waals surface area contributed by atoms with Crippen LogP contribution in [0.3, 0.4) is 0 Å². The number of benzene rings is 1. The third-order valence-electron chi connectivity index (χ3n) is 2.30. The largest absolute Gasteiger partial charge is 0.504 e. The second kappa shape index (κ2) is 4.25. The molecule has 0 aliphatic rings. The summed E-state index contributed by atoms with van der Waals surface area (Å²) in [5.74, 6) is -2.04. The molecule has 18 heavy (non-hydrogen) atoms. The first kappa shape index (κ1) is 11.7. The number of hydrogen-bond donors (Lipinski definition) is 3. The maximum Gasteiger partial charge on any atom is 0.328 e. The summed E-state index contributed by atoms with van der Waals surface area (Å²) in [5.41, 5.74) is -0.359. The summed E-state index contributed by atoms with van der Waals surface area (Å²) >= 11 is 0. The molecule has 0 saturated carbocycles. The van der Waals surface area contributed by atoms with E-state index >= 15 is 0 Å². The number of rotatable bonds is 2. The number of fused-ring (bicyclic) bond motifs is 1. The van der Waals surface area contributed by atoms with Gasteiger partial charge in [0.05, 0.1) is 10.9 Å². The molecule has 1 heterocycles. The summed E-state index contributed by atoms with van der Waals surface area (Å²) in [6.07, 6.45) is 2.98. The van der Waals surface area contributed by atoms with Crippen molar-refractivity contribution < 1.29 is 24.5 Å². The van der Waals surface area contributed by atoms with Crippen LogP contribution in [-0.4, -0.2) is 21.3 Å². The molecular weight excluding hydrogens is 240 g/mol. The second-order valence-corrected chi connectivity index (χ2v) is 3.53. The van der Waals surface area contributed by atoms with Crippen molar-refractivity contribution in [1.29, 1.82) is 0 Å². The van der Waals surface area contributed by atoms with E-state index in [4.69, 9.17) is 9.52 Å². The van der Waals surface area contributed by atoms with Crippen LogP contribution in [-0.2, 0) is 4.79 Å². The lowest BCUT2D eigenvalue weighted by molar-refractivity contribution is -0.131. The number of phenols is 2. The van der Waals surface area contributed by atoms with Crippen LogP contribution < -0.4 is 5.43 Å². The minimum atomic E-state index is -1.19. The molecule has 2 rings (SSSR count). The van der Waals surface area contributed by atoms with E-state index in [1.54, 1.807) is 0 Å². The number of carboxylic acids is 1. The van der Waals surface area contributed by atoms with E-state index in [1.165, 1.54) is 0 Å². The fourth-order valence-electron chi connectivity index (χ4n) is 1.44. The van der Waals surface area contributed by atoms with Crippen LogP contribution >= 0.6 is 0 Å². The number of carbonyl (C=O) groups is 1. The van der Waals surface area contributed by atoms with Gasteiger partial charge in [-0.25, -0.2) is 4.79 Å². The Hall–Kier alpha value is -2.76. The topological polar surface area (TPSA) is 108 Å². The predicted octanol–water partition coefficient (Wildman–Crippen LogP) is 1.30. The van der Waals surface area contributed by atoms with Crippen LogP contribution in [0, 0.1) is 0 Å². The van der Waals surface area contributed by atoms with Gasteiger partial charge in [0.25, 0.3) is 0 Å². The normalized spacial score (nSPS) is 11.1. The van der Waals surface area contributed by atoms with Crippen LogP contribution in [0.15, 0.2) is 33.7 Å². The van der Waals surface area contributed by atoms with E-state index in [2.05, 4.69) is 0 Å². The van der Waals surface area contributed by atoms with E-state index in [0.29, 0.717) is 0 Å². The van der Waals surface area contributed by atoms with Crippen LogP contribution in [0.1, 0.15) is 5.56 Å². The van der Waals surface area contributed by atoms with Gasteiger partial charge in [0.15, 0.2) is 16.9 Å². The van der Waals surface area contributed by atoms with E-state index in [1.807, 2.05) is 0 Å². The van der Waals surface area contributed by atoms with Crippen molar-refractivity contribution in [3.63, 3.8) is 0 Å². The molecule has 0 radical (unpaired) electrons. The van der Waals surface area contributed by atoms with Gasteiger partial charge >= 0.3 is 5.97 Å². The van der Waals surface area contributed by atoms with E-state index < -0.39 is 22.9 Å². The molecule has 0 aliphatic carbocycles. The Morgan fingerprint density at radius 2 is 1.89 bits per heavy atom. The molecule has 3 N–H and O–H groups in total. The average molecular weight is 248 g/mol. The highest BCUT2D eigenvalue weighted by Gasteiger charge is 2.09. The molecule has 1 aromatic heterocycles. The summed E-state index contributed by atoms with van der Waals surface area (Å²) in [4.78, 5) is 22.3. The summed E-state index contributed by atoms with van der Waals surface area (Å²) in [5, 5.41) is 27.1. The SMILES string of the molecule is O=C(O)/C=C/c1coc2cc(O)c(O)cc2c1=O. The number of carboxylic acid groups (broad SMARTS) is 1. The number of hydrogen-bond acceptors (Lipinski definition) is 5. The van der Waals surface area contributed by atoms with Crippen molar-refractivity contribution in [1.82, 2.24) is 0 Å². The average Bonchev–Trinajstić information content (AvgIpc) is 2.31. The molecule has 0 amide bonds. The maximum atomic E-state index is 11.9. The Balaban J connectivity index is 2.68. The lowest BCUT2D eigenvalue weighted by atomic mass is 10.1. The minimum absolute atomic E-state index is 0.0370. The molecule has 0 bridgehead atoms. The smallest absolute Gasteiger partial charge is 0.328 e. The summed E-state index contributed by atoms with van der Waals surface area (Å²) in [6.45, 7) is 0. The van der Waals surface area contributed by atoms with Crippen molar-refractivity contribution in [2.45, 2.75) is 0 Å². The van der Waals surface area contributed by atoms with Gasteiger partial charge in [-0.05, 0) is 12.1 Å². The first-order valence-corrected chi connectivity index (χ1v) is 4.87. The molecule has 0 aliphatic heterocycles. The Labute approximate surface area is 100 Å². The van der Waals surface area contributed by atoms with Crippen molar-refractivity contribution >= 4 is 23.0 Å². The molecule has 0 fully saturated rings. The van der Waals surface area contributed by atoms with Gasteiger partial charge in [0, 0.05) is 12.1 Å².